The summed E-state index contributed by atoms with van der Waals surface area (Å²) in [7, 11) is 0. The van der Waals surface area contributed by atoms with Crippen LogP contribution in [0.1, 0.15) is 22.7 Å². The van der Waals surface area contributed by atoms with Crippen molar-refractivity contribution in [3.63, 3.8) is 0 Å². The van der Waals surface area contributed by atoms with Crippen LogP contribution in [0.25, 0.3) is 11.1 Å². The van der Waals surface area contributed by atoms with Crippen LogP contribution in [0.15, 0.2) is 77.9 Å². The molecule has 3 aromatic rings. The Morgan fingerprint density at radius 2 is 1.43 bits per heavy atom. The molecule has 0 spiro atoms. The molecule has 2 aliphatic rings. The molecular weight excluding hydrogens is 346 g/mol. The molecule has 1 fully saturated rings. The molecule has 1 aliphatic carbocycles. The molecule has 1 saturated heterocycles. The lowest BCUT2D eigenvalue weighted by atomic mass is 10.0. The largest absolute Gasteiger partial charge is 0.508 e. The van der Waals surface area contributed by atoms with Crippen LogP contribution in [0.2, 0.25) is 0 Å². The number of rotatable bonds is 3. The van der Waals surface area contributed by atoms with Gasteiger partial charge in [0.25, 0.3) is 0 Å². The second-order valence-corrected chi connectivity index (χ2v) is 7.41. The van der Waals surface area contributed by atoms with Gasteiger partial charge in [-0.3, -0.25) is 9.91 Å². The zero-order chi connectivity index (χ0) is 18.9. The predicted molar refractivity (Wildman–Crippen MR) is 113 cm³/mol. The van der Waals surface area contributed by atoms with Gasteiger partial charge in [-0.25, -0.2) is 0 Å². The number of nitrogens with zero attached hydrogens (tertiary/aromatic N) is 3. The number of aromatic hydroxyl groups is 1. The van der Waals surface area contributed by atoms with Crippen LogP contribution in [-0.4, -0.2) is 47.4 Å². The van der Waals surface area contributed by atoms with Crippen LogP contribution < -0.4 is 0 Å². The van der Waals surface area contributed by atoms with Gasteiger partial charge >= 0.3 is 0 Å². The van der Waals surface area contributed by atoms with Crippen molar-refractivity contribution in [2.24, 2.45) is 5.10 Å². The molecule has 5 rings (SSSR count). The van der Waals surface area contributed by atoms with Crippen molar-refractivity contribution < 1.29 is 5.11 Å². The molecule has 0 aromatic heterocycles. The van der Waals surface area contributed by atoms with Crippen LogP contribution >= 0.6 is 0 Å². The molecule has 28 heavy (non-hydrogen) atoms. The number of phenols is 1. The van der Waals surface area contributed by atoms with E-state index >= 15 is 0 Å². The SMILES string of the molecule is Oc1cccc(/C=N/N2CCN(C3c4ccccc4-c4ccccc43)CC2)c1. The predicted octanol–water partition coefficient (Wildman–Crippen LogP) is 4.11. The Morgan fingerprint density at radius 1 is 0.786 bits per heavy atom. The number of phenolic OH excluding ortho intramolecular Hbond substituents is 1. The second kappa shape index (κ2) is 7.13. The van der Waals surface area contributed by atoms with E-state index < -0.39 is 0 Å². The van der Waals surface area contributed by atoms with Crippen molar-refractivity contribution >= 4 is 6.21 Å². The van der Waals surface area contributed by atoms with Crippen molar-refractivity contribution in [2.75, 3.05) is 26.2 Å². The normalized spacial score (nSPS) is 17.1. The van der Waals surface area contributed by atoms with Crippen molar-refractivity contribution in [2.45, 2.75) is 6.04 Å². The molecule has 1 heterocycles. The topological polar surface area (TPSA) is 39.1 Å². The van der Waals surface area contributed by atoms with Crippen LogP contribution in [0, 0.1) is 0 Å². The van der Waals surface area contributed by atoms with Gasteiger partial charge in [-0.1, -0.05) is 60.7 Å². The Morgan fingerprint density at radius 3 is 2.07 bits per heavy atom. The molecule has 0 amide bonds. The standard InChI is InChI=1S/C24H23N3O/c28-19-7-5-6-18(16-19)17-25-27-14-12-26(13-15-27)24-22-10-3-1-8-20(22)21-9-2-4-11-23(21)24/h1-11,16-17,24,28H,12-15H2/b25-17+. The highest BCUT2D eigenvalue weighted by Gasteiger charge is 2.33. The highest BCUT2D eigenvalue weighted by atomic mass is 16.3. The zero-order valence-electron chi connectivity index (χ0n) is 15.7. The number of hydrazone groups is 1. The second-order valence-electron chi connectivity index (χ2n) is 7.41. The first-order chi connectivity index (χ1) is 13.8. The lowest BCUT2D eigenvalue weighted by molar-refractivity contribution is 0.114. The molecule has 1 aliphatic heterocycles. The van der Waals surface area contributed by atoms with E-state index in [0.29, 0.717) is 6.04 Å². The third kappa shape index (κ3) is 3.06. The van der Waals surface area contributed by atoms with Crippen molar-refractivity contribution in [3.8, 4) is 16.9 Å². The fourth-order valence-electron chi connectivity index (χ4n) is 4.36. The molecular formula is C24H23N3O. The maximum absolute atomic E-state index is 9.58. The number of benzene rings is 3. The Balaban J connectivity index is 1.32. The van der Waals surface area contributed by atoms with Gasteiger partial charge in [-0.05, 0) is 39.9 Å². The van der Waals surface area contributed by atoms with E-state index in [4.69, 9.17) is 0 Å². The number of hydrogen-bond donors (Lipinski definition) is 1. The van der Waals surface area contributed by atoms with Gasteiger partial charge in [0.05, 0.1) is 12.3 Å². The Kier molecular flexibility index (Phi) is 4.34. The van der Waals surface area contributed by atoms with E-state index in [1.165, 1.54) is 22.3 Å². The van der Waals surface area contributed by atoms with E-state index in [1.54, 1.807) is 12.1 Å². The molecule has 0 bridgehead atoms. The summed E-state index contributed by atoms with van der Waals surface area (Å²) in [5, 5.41) is 16.3. The molecule has 4 heteroatoms. The first kappa shape index (κ1) is 17.0. The van der Waals surface area contributed by atoms with Crippen LogP contribution in [0.4, 0.5) is 0 Å². The van der Waals surface area contributed by atoms with Gasteiger partial charge < -0.3 is 5.11 Å². The third-order valence-electron chi connectivity index (χ3n) is 5.70. The highest BCUT2D eigenvalue weighted by molar-refractivity contribution is 5.80. The summed E-state index contributed by atoms with van der Waals surface area (Å²) in [6, 6.07) is 25.1. The van der Waals surface area contributed by atoms with Crippen molar-refractivity contribution in [3.05, 3.63) is 89.5 Å². The number of hydrogen-bond acceptors (Lipinski definition) is 4. The molecule has 3 aromatic carbocycles. The van der Waals surface area contributed by atoms with E-state index in [0.717, 1.165) is 31.7 Å². The summed E-state index contributed by atoms with van der Waals surface area (Å²) in [6.07, 6.45) is 1.83. The summed E-state index contributed by atoms with van der Waals surface area (Å²) in [5.74, 6) is 0.271. The Labute approximate surface area is 165 Å². The summed E-state index contributed by atoms with van der Waals surface area (Å²) in [6.45, 7) is 3.75. The van der Waals surface area contributed by atoms with E-state index in [-0.39, 0.29) is 5.75 Å². The number of piperazine rings is 1. The molecule has 0 unspecified atom stereocenters. The van der Waals surface area contributed by atoms with Crippen molar-refractivity contribution in [1.82, 2.24) is 9.91 Å². The van der Waals surface area contributed by atoms with Crippen molar-refractivity contribution in [1.29, 1.82) is 0 Å². The minimum absolute atomic E-state index is 0.271. The Hall–Kier alpha value is -3.11. The summed E-state index contributed by atoms with van der Waals surface area (Å²) < 4.78 is 0. The maximum atomic E-state index is 9.58. The minimum atomic E-state index is 0.271. The van der Waals surface area contributed by atoms with Gasteiger partial charge in [-0.15, -0.1) is 0 Å². The maximum Gasteiger partial charge on any atom is 0.116 e. The number of fused-ring (bicyclic) bond motifs is 3. The van der Waals surface area contributed by atoms with Gasteiger partial charge in [0.1, 0.15) is 5.75 Å². The minimum Gasteiger partial charge on any atom is -0.508 e. The molecule has 140 valence electrons. The quantitative estimate of drug-likeness (QED) is 0.706. The zero-order valence-corrected chi connectivity index (χ0v) is 15.7. The first-order valence-corrected chi connectivity index (χ1v) is 9.80. The van der Waals surface area contributed by atoms with E-state index in [2.05, 4.69) is 63.5 Å². The van der Waals surface area contributed by atoms with Crippen LogP contribution in [-0.2, 0) is 0 Å². The lowest BCUT2D eigenvalue weighted by Gasteiger charge is -2.37. The summed E-state index contributed by atoms with van der Waals surface area (Å²) >= 11 is 0. The molecule has 1 N–H and O–H groups in total. The fraction of sp³-hybridized carbons (Fsp3) is 0.208. The van der Waals surface area contributed by atoms with Gasteiger partial charge in [-0.2, -0.15) is 5.10 Å². The lowest BCUT2D eigenvalue weighted by Crippen LogP contribution is -2.45. The molecule has 0 atom stereocenters. The summed E-state index contributed by atoms with van der Waals surface area (Å²) in [5.41, 5.74) is 6.49. The highest BCUT2D eigenvalue weighted by Crippen LogP contribution is 2.46. The molecule has 0 radical (unpaired) electrons. The first-order valence-electron chi connectivity index (χ1n) is 9.80. The smallest absolute Gasteiger partial charge is 0.116 e. The van der Waals surface area contributed by atoms with Crippen LogP contribution in [0.5, 0.6) is 5.75 Å². The van der Waals surface area contributed by atoms with Gasteiger partial charge in [0.15, 0.2) is 0 Å². The van der Waals surface area contributed by atoms with Gasteiger partial charge in [0.2, 0.25) is 0 Å². The monoisotopic (exact) mass is 369 g/mol. The summed E-state index contributed by atoms with van der Waals surface area (Å²) in [4.78, 5) is 2.57. The van der Waals surface area contributed by atoms with E-state index in [1.807, 2.05) is 18.3 Å². The van der Waals surface area contributed by atoms with Gasteiger partial charge in [0, 0.05) is 26.2 Å². The molecule has 4 nitrogen and oxygen atoms in total. The van der Waals surface area contributed by atoms with Crippen LogP contribution in [0.3, 0.4) is 0 Å². The van der Waals surface area contributed by atoms with E-state index in [9.17, 15) is 5.11 Å². The third-order valence-corrected chi connectivity index (χ3v) is 5.70. The average molecular weight is 369 g/mol. The average Bonchev–Trinajstić information content (AvgIpc) is 3.07. The Bertz CT molecular complexity index is 976. The molecule has 0 saturated carbocycles. The fourth-order valence-corrected chi connectivity index (χ4v) is 4.36.